The number of nitrogens with zero attached hydrogens (tertiary/aromatic N) is 4. The second-order valence-corrected chi connectivity index (χ2v) is 6.78. The van der Waals surface area contributed by atoms with Gasteiger partial charge in [0.2, 0.25) is 0 Å². The van der Waals surface area contributed by atoms with Crippen molar-refractivity contribution in [1.82, 2.24) is 19.7 Å². The molecule has 0 bridgehead atoms. The molecule has 0 N–H and O–H groups in total. The van der Waals surface area contributed by atoms with Crippen LogP contribution >= 0.6 is 0 Å². The van der Waals surface area contributed by atoms with Crippen molar-refractivity contribution in [3.63, 3.8) is 0 Å². The lowest BCUT2D eigenvalue weighted by atomic mass is 10.1. The Morgan fingerprint density at radius 2 is 2.30 bits per heavy atom. The highest BCUT2D eigenvalue weighted by Crippen LogP contribution is 2.18. The zero-order valence-corrected chi connectivity index (χ0v) is 16.1. The number of carbonyl (C=O) groups is 1. The van der Waals surface area contributed by atoms with Crippen LogP contribution in [0.25, 0.3) is 0 Å². The van der Waals surface area contributed by atoms with E-state index in [1.165, 1.54) is 0 Å². The van der Waals surface area contributed by atoms with Crippen LogP contribution in [-0.4, -0.2) is 58.0 Å². The van der Waals surface area contributed by atoms with Gasteiger partial charge in [-0.05, 0) is 44.4 Å². The quantitative estimate of drug-likeness (QED) is 0.666. The zero-order chi connectivity index (χ0) is 19.1. The molecule has 0 radical (unpaired) electrons. The van der Waals surface area contributed by atoms with E-state index in [9.17, 15) is 4.79 Å². The molecule has 1 fully saturated rings. The van der Waals surface area contributed by atoms with Crippen molar-refractivity contribution in [2.24, 2.45) is 0 Å². The van der Waals surface area contributed by atoms with E-state index in [1.54, 1.807) is 10.9 Å². The number of aryl methyl sites for hydroxylation is 1. The predicted molar refractivity (Wildman–Crippen MR) is 101 cm³/mol. The Balaban J connectivity index is 1.59. The Kier molecular flexibility index (Phi) is 6.95. The third-order valence-corrected chi connectivity index (χ3v) is 4.65. The van der Waals surface area contributed by atoms with E-state index in [-0.39, 0.29) is 12.0 Å². The lowest BCUT2D eigenvalue weighted by Gasteiger charge is -2.32. The summed E-state index contributed by atoms with van der Waals surface area (Å²) in [5.41, 5.74) is 2.52. The van der Waals surface area contributed by atoms with E-state index in [2.05, 4.69) is 10.1 Å². The van der Waals surface area contributed by atoms with Crippen LogP contribution in [0.1, 0.15) is 41.5 Å². The predicted octanol–water partition coefficient (Wildman–Crippen LogP) is 2.44. The molecule has 0 unspecified atom stereocenters. The van der Waals surface area contributed by atoms with Gasteiger partial charge < -0.3 is 14.4 Å². The Bertz CT molecular complexity index is 732. The number of pyridine rings is 1. The van der Waals surface area contributed by atoms with Gasteiger partial charge in [-0.3, -0.25) is 14.5 Å². The summed E-state index contributed by atoms with van der Waals surface area (Å²) in [6, 6.07) is 5.76. The summed E-state index contributed by atoms with van der Waals surface area (Å²) in [5, 5.41) is 4.44. The number of ether oxygens (including phenoxy) is 2. The highest BCUT2D eigenvalue weighted by Gasteiger charge is 2.27. The molecule has 7 nitrogen and oxygen atoms in total. The number of aromatic nitrogens is 3. The Hall–Kier alpha value is -2.25. The standard InChI is InChI=1S/C20H28N4O3/c1-3-26-11-10-24-19(12-16(2)22-24)20(25)23-9-5-7-18(14-23)27-15-17-6-4-8-21-13-17/h4,6,8,12-13,18H,3,5,7,9-11,14-15H2,1-2H3/t18-/m0/s1. The highest BCUT2D eigenvalue weighted by atomic mass is 16.5. The minimum Gasteiger partial charge on any atom is -0.380 e. The van der Waals surface area contributed by atoms with E-state index < -0.39 is 0 Å². The second-order valence-electron chi connectivity index (χ2n) is 6.78. The minimum atomic E-state index is 0.0155. The van der Waals surface area contributed by atoms with Crippen LogP contribution < -0.4 is 0 Å². The van der Waals surface area contributed by atoms with Gasteiger partial charge in [0.25, 0.3) is 5.91 Å². The number of amides is 1. The fourth-order valence-corrected chi connectivity index (χ4v) is 3.30. The summed E-state index contributed by atoms with van der Waals surface area (Å²) in [6.45, 7) is 7.53. The first-order valence-electron chi connectivity index (χ1n) is 9.59. The molecule has 0 aromatic carbocycles. The maximum Gasteiger partial charge on any atom is 0.272 e. The third-order valence-electron chi connectivity index (χ3n) is 4.65. The molecule has 146 valence electrons. The summed E-state index contributed by atoms with van der Waals surface area (Å²) in [7, 11) is 0. The average Bonchev–Trinajstić information content (AvgIpc) is 3.07. The third kappa shape index (κ3) is 5.37. The van der Waals surface area contributed by atoms with Gasteiger partial charge in [-0.15, -0.1) is 0 Å². The van der Waals surface area contributed by atoms with Gasteiger partial charge in [-0.1, -0.05) is 6.07 Å². The number of rotatable bonds is 8. The summed E-state index contributed by atoms with van der Waals surface area (Å²) in [6.07, 6.45) is 5.51. The lowest BCUT2D eigenvalue weighted by molar-refractivity contribution is -0.00719. The number of carbonyl (C=O) groups excluding carboxylic acids is 1. The van der Waals surface area contributed by atoms with E-state index in [4.69, 9.17) is 9.47 Å². The van der Waals surface area contributed by atoms with Crippen molar-refractivity contribution in [1.29, 1.82) is 0 Å². The fourth-order valence-electron chi connectivity index (χ4n) is 3.30. The summed E-state index contributed by atoms with van der Waals surface area (Å²) >= 11 is 0. The zero-order valence-electron chi connectivity index (χ0n) is 16.1. The summed E-state index contributed by atoms with van der Waals surface area (Å²) < 4.78 is 13.2. The van der Waals surface area contributed by atoms with Crippen LogP contribution in [-0.2, 0) is 22.6 Å². The first kappa shape index (κ1) is 19.5. The molecule has 0 spiro atoms. The van der Waals surface area contributed by atoms with Crippen molar-refractivity contribution >= 4 is 5.91 Å². The number of piperidine rings is 1. The monoisotopic (exact) mass is 372 g/mol. The smallest absolute Gasteiger partial charge is 0.272 e. The maximum absolute atomic E-state index is 13.0. The average molecular weight is 372 g/mol. The van der Waals surface area contributed by atoms with E-state index >= 15 is 0 Å². The molecule has 2 aromatic heterocycles. The summed E-state index contributed by atoms with van der Waals surface area (Å²) in [5.74, 6) is 0.0155. The van der Waals surface area contributed by atoms with Crippen LogP contribution in [0.2, 0.25) is 0 Å². The minimum absolute atomic E-state index is 0.0155. The van der Waals surface area contributed by atoms with Gasteiger partial charge in [-0.2, -0.15) is 5.10 Å². The van der Waals surface area contributed by atoms with E-state index in [0.717, 1.165) is 30.6 Å². The van der Waals surface area contributed by atoms with Crippen LogP contribution in [0.3, 0.4) is 0 Å². The van der Waals surface area contributed by atoms with Gasteiger partial charge in [0.1, 0.15) is 5.69 Å². The number of hydrogen-bond acceptors (Lipinski definition) is 5. The molecule has 1 atom stereocenters. The summed E-state index contributed by atoms with van der Waals surface area (Å²) in [4.78, 5) is 19.0. The van der Waals surface area contributed by atoms with Gasteiger partial charge in [0.05, 0.1) is 31.6 Å². The SMILES string of the molecule is CCOCCn1nc(C)cc1C(=O)N1CCC[C@H](OCc2cccnc2)C1. The van der Waals surface area contributed by atoms with Crippen molar-refractivity contribution in [2.45, 2.75) is 45.9 Å². The largest absolute Gasteiger partial charge is 0.380 e. The van der Waals surface area contributed by atoms with Crippen molar-refractivity contribution < 1.29 is 14.3 Å². The molecule has 1 amide bonds. The van der Waals surface area contributed by atoms with E-state index in [0.29, 0.717) is 38.6 Å². The molecule has 1 aliphatic rings. The molecule has 3 rings (SSSR count). The molecule has 27 heavy (non-hydrogen) atoms. The molecule has 0 aliphatic carbocycles. The van der Waals surface area contributed by atoms with Gasteiger partial charge >= 0.3 is 0 Å². The van der Waals surface area contributed by atoms with Crippen molar-refractivity contribution in [3.05, 3.63) is 47.5 Å². The number of hydrogen-bond donors (Lipinski definition) is 0. The van der Waals surface area contributed by atoms with Gasteiger partial charge in [0, 0.05) is 32.1 Å². The molecule has 0 saturated carbocycles. The van der Waals surface area contributed by atoms with Crippen LogP contribution in [0.15, 0.2) is 30.6 Å². The highest BCUT2D eigenvalue weighted by molar-refractivity contribution is 5.92. The second kappa shape index (κ2) is 9.62. The first-order chi connectivity index (χ1) is 13.2. The van der Waals surface area contributed by atoms with Crippen LogP contribution in [0, 0.1) is 6.92 Å². The topological polar surface area (TPSA) is 69.5 Å². The fraction of sp³-hybridized carbons (Fsp3) is 0.550. The molecule has 2 aromatic rings. The van der Waals surface area contributed by atoms with E-state index in [1.807, 2.05) is 43.1 Å². The van der Waals surface area contributed by atoms with Crippen LogP contribution in [0.4, 0.5) is 0 Å². The van der Waals surface area contributed by atoms with Gasteiger partial charge in [0.15, 0.2) is 0 Å². The first-order valence-corrected chi connectivity index (χ1v) is 9.59. The Morgan fingerprint density at radius 3 is 3.07 bits per heavy atom. The molecule has 7 heteroatoms. The molecular weight excluding hydrogens is 344 g/mol. The normalized spacial score (nSPS) is 17.3. The molecular formula is C20H28N4O3. The number of likely N-dealkylation sites (tertiary alicyclic amines) is 1. The molecule has 1 aliphatic heterocycles. The Labute approximate surface area is 160 Å². The van der Waals surface area contributed by atoms with Crippen molar-refractivity contribution in [2.75, 3.05) is 26.3 Å². The lowest BCUT2D eigenvalue weighted by Crippen LogP contribution is -2.43. The molecule has 1 saturated heterocycles. The van der Waals surface area contributed by atoms with Crippen LogP contribution in [0.5, 0.6) is 0 Å². The molecule has 3 heterocycles. The van der Waals surface area contributed by atoms with Crippen molar-refractivity contribution in [3.8, 4) is 0 Å². The van der Waals surface area contributed by atoms with Gasteiger partial charge in [-0.25, -0.2) is 0 Å². The maximum atomic E-state index is 13.0. The Morgan fingerprint density at radius 1 is 1.41 bits per heavy atom.